The molecule has 0 amide bonds. The van der Waals surface area contributed by atoms with Crippen molar-refractivity contribution in [1.82, 2.24) is 24.4 Å². The minimum absolute atomic E-state index is 0.295. The van der Waals surface area contributed by atoms with Crippen molar-refractivity contribution in [1.29, 1.82) is 0 Å². The normalized spacial score (nSPS) is 11.9. The van der Waals surface area contributed by atoms with E-state index in [-0.39, 0.29) is 5.56 Å². The van der Waals surface area contributed by atoms with Crippen LogP contribution in [0.2, 0.25) is 0 Å². The summed E-state index contributed by atoms with van der Waals surface area (Å²) in [6, 6.07) is 24.6. The minimum Gasteiger partial charge on any atom is -0.494 e. The average Bonchev–Trinajstić information content (AvgIpc) is 3.69. The Kier molecular flexibility index (Phi) is 7.84. The van der Waals surface area contributed by atoms with E-state index in [1.165, 1.54) is 22.8 Å². The van der Waals surface area contributed by atoms with Crippen LogP contribution in [-0.2, 0) is 4.79 Å². The van der Waals surface area contributed by atoms with Gasteiger partial charge in [-0.15, -0.1) is 5.10 Å². The molecule has 10 heteroatoms. The molecule has 6 aromatic rings. The maximum absolute atomic E-state index is 13.5. The number of fused-ring (bicyclic) bond motifs is 1. The van der Waals surface area contributed by atoms with Crippen LogP contribution in [0.4, 0.5) is 0 Å². The van der Waals surface area contributed by atoms with Crippen LogP contribution >= 0.6 is 11.3 Å². The molecule has 0 aliphatic carbocycles. The van der Waals surface area contributed by atoms with Gasteiger partial charge in [0.2, 0.25) is 4.96 Å². The predicted molar refractivity (Wildman–Crippen MR) is 167 cm³/mol. The number of benzene rings is 3. The molecule has 43 heavy (non-hydrogen) atoms. The van der Waals surface area contributed by atoms with Crippen molar-refractivity contribution in [3.05, 3.63) is 106 Å². The van der Waals surface area contributed by atoms with Gasteiger partial charge in [-0.1, -0.05) is 55.5 Å². The summed E-state index contributed by atoms with van der Waals surface area (Å²) in [6.07, 6.45) is 4.72. The van der Waals surface area contributed by atoms with Gasteiger partial charge in [0.15, 0.2) is 5.82 Å². The van der Waals surface area contributed by atoms with Gasteiger partial charge in [-0.05, 0) is 66.9 Å². The highest BCUT2D eigenvalue weighted by molar-refractivity contribution is 7.15. The predicted octanol–water partition coefficient (Wildman–Crippen LogP) is 5.57. The third-order valence-corrected chi connectivity index (χ3v) is 7.66. The fraction of sp³-hybridized carbons (Fsp3) is 0.182. The number of carbonyl (C=O) groups is 1. The lowest BCUT2D eigenvalue weighted by atomic mass is 10.1. The number of carbonyl (C=O) groups excluding carboxylic acids is 1. The molecule has 3 aromatic carbocycles. The lowest BCUT2D eigenvalue weighted by Crippen LogP contribution is -2.23. The van der Waals surface area contributed by atoms with Crippen LogP contribution in [-0.4, -0.2) is 37.0 Å². The average molecular weight is 592 g/mol. The number of nitrogens with zero attached hydrogens (tertiary/aromatic N) is 5. The zero-order valence-corrected chi connectivity index (χ0v) is 24.7. The molecule has 0 fully saturated rings. The van der Waals surface area contributed by atoms with Gasteiger partial charge >= 0.3 is 5.97 Å². The van der Waals surface area contributed by atoms with E-state index in [1.807, 2.05) is 66.9 Å². The zero-order valence-electron chi connectivity index (χ0n) is 23.9. The van der Waals surface area contributed by atoms with Crippen molar-refractivity contribution in [3.63, 3.8) is 0 Å². The maximum atomic E-state index is 13.5. The Morgan fingerprint density at radius 3 is 2.44 bits per heavy atom. The number of hydrogen-bond acceptors (Lipinski definition) is 8. The summed E-state index contributed by atoms with van der Waals surface area (Å²) in [5, 5.41) is 9.34. The Balaban J connectivity index is 1.39. The van der Waals surface area contributed by atoms with Crippen LogP contribution < -0.4 is 19.6 Å². The molecule has 216 valence electrons. The minimum atomic E-state index is -0.449. The SMILES string of the molecule is CC(=O)Oc1ccccc1-c1nc2sc(=Cc3cn(-c4ccccc4)nc3-c3ccc(OCCC(C)C)cc3)c(=O)n2n1. The first-order valence-corrected chi connectivity index (χ1v) is 14.7. The molecule has 0 spiro atoms. The molecule has 0 saturated heterocycles. The molecule has 9 nitrogen and oxygen atoms in total. The van der Waals surface area contributed by atoms with Crippen LogP contribution in [0.3, 0.4) is 0 Å². The van der Waals surface area contributed by atoms with Crippen molar-refractivity contribution in [2.75, 3.05) is 6.61 Å². The summed E-state index contributed by atoms with van der Waals surface area (Å²) < 4.78 is 14.8. The van der Waals surface area contributed by atoms with Gasteiger partial charge in [0, 0.05) is 24.2 Å². The summed E-state index contributed by atoms with van der Waals surface area (Å²) in [5.41, 5.74) is 3.54. The van der Waals surface area contributed by atoms with E-state index in [4.69, 9.17) is 14.6 Å². The van der Waals surface area contributed by atoms with E-state index >= 15 is 0 Å². The standard InChI is InChI=1S/C33H29N5O4S/c1-21(2)17-18-41-26-15-13-23(14-16-26)30-24(20-37(35-30)25-9-5-4-6-10-25)19-29-32(40)38-33(43-29)34-31(36-38)27-11-7-8-12-28(27)42-22(3)39/h4-16,19-21H,17-18H2,1-3H3. The molecular weight excluding hydrogens is 562 g/mol. The lowest BCUT2D eigenvalue weighted by Gasteiger charge is -2.08. The third kappa shape index (κ3) is 6.09. The largest absolute Gasteiger partial charge is 0.494 e. The zero-order chi connectivity index (χ0) is 29.9. The second-order valence-corrected chi connectivity index (χ2v) is 11.4. The highest BCUT2D eigenvalue weighted by atomic mass is 32.1. The Morgan fingerprint density at radius 1 is 0.977 bits per heavy atom. The van der Waals surface area contributed by atoms with Crippen molar-refractivity contribution in [3.8, 4) is 39.8 Å². The highest BCUT2D eigenvalue weighted by Gasteiger charge is 2.17. The topological polar surface area (TPSA) is 101 Å². The first-order chi connectivity index (χ1) is 20.9. The number of hydrogen-bond donors (Lipinski definition) is 0. The van der Waals surface area contributed by atoms with Gasteiger partial charge in [0.05, 0.1) is 22.4 Å². The molecule has 0 N–H and O–H groups in total. The Bertz CT molecular complexity index is 2010. The molecule has 3 heterocycles. The van der Waals surface area contributed by atoms with Gasteiger partial charge < -0.3 is 9.47 Å². The summed E-state index contributed by atoms with van der Waals surface area (Å²) in [7, 11) is 0. The molecule has 3 aromatic heterocycles. The van der Waals surface area contributed by atoms with Crippen LogP contribution in [0.15, 0.2) is 89.9 Å². The van der Waals surface area contributed by atoms with E-state index in [0.29, 0.717) is 39.2 Å². The smallest absolute Gasteiger partial charge is 0.308 e. The van der Waals surface area contributed by atoms with Crippen molar-refractivity contribution >= 4 is 28.3 Å². The molecule has 0 saturated carbocycles. The number of para-hydroxylation sites is 2. The lowest BCUT2D eigenvalue weighted by molar-refractivity contribution is -0.131. The van der Waals surface area contributed by atoms with Gasteiger partial charge in [0.25, 0.3) is 5.56 Å². The maximum Gasteiger partial charge on any atom is 0.308 e. The van der Waals surface area contributed by atoms with Crippen molar-refractivity contribution < 1.29 is 14.3 Å². The van der Waals surface area contributed by atoms with E-state index in [0.717, 1.165) is 34.7 Å². The number of rotatable bonds is 9. The quantitative estimate of drug-likeness (QED) is 0.160. The van der Waals surface area contributed by atoms with E-state index in [9.17, 15) is 9.59 Å². The van der Waals surface area contributed by atoms with Crippen molar-refractivity contribution in [2.24, 2.45) is 5.92 Å². The first kappa shape index (κ1) is 28.0. The monoisotopic (exact) mass is 591 g/mol. The molecular formula is C33H29N5O4S. The Morgan fingerprint density at radius 2 is 1.72 bits per heavy atom. The summed E-state index contributed by atoms with van der Waals surface area (Å²) in [5.74, 6) is 1.57. The highest BCUT2D eigenvalue weighted by Crippen LogP contribution is 2.29. The molecule has 0 unspecified atom stereocenters. The molecule has 6 rings (SSSR count). The van der Waals surface area contributed by atoms with E-state index in [2.05, 4.69) is 23.9 Å². The second-order valence-electron chi connectivity index (χ2n) is 10.4. The van der Waals surface area contributed by atoms with Crippen LogP contribution in [0.25, 0.3) is 39.4 Å². The van der Waals surface area contributed by atoms with Crippen LogP contribution in [0, 0.1) is 5.92 Å². The molecule has 0 radical (unpaired) electrons. The fourth-order valence-electron chi connectivity index (χ4n) is 4.54. The third-order valence-electron chi connectivity index (χ3n) is 6.71. The number of ether oxygens (including phenoxy) is 2. The molecule has 0 bridgehead atoms. The fourth-order valence-corrected chi connectivity index (χ4v) is 5.43. The first-order valence-electron chi connectivity index (χ1n) is 13.9. The molecule has 0 atom stereocenters. The summed E-state index contributed by atoms with van der Waals surface area (Å²) in [4.78, 5) is 30.0. The number of esters is 1. The van der Waals surface area contributed by atoms with Crippen molar-refractivity contribution in [2.45, 2.75) is 27.2 Å². The number of aromatic nitrogens is 5. The van der Waals surface area contributed by atoms with Gasteiger partial charge in [-0.3, -0.25) is 9.59 Å². The second kappa shape index (κ2) is 12.0. The van der Waals surface area contributed by atoms with Gasteiger partial charge in [-0.25, -0.2) is 4.68 Å². The van der Waals surface area contributed by atoms with Gasteiger partial charge in [-0.2, -0.15) is 14.6 Å². The molecule has 0 aliphatic rings. The van der Waals surface area contributed by atoms with Crippen LogP contribution in [0.1, 0.15) is 32.8 Å². The van der Waals surface area contributed by atoms with E-state index < -0.39 is 5.97 Å². The van der Waals surface area contributed by atoms with E-state index in [1.54, 1.807) is 28.9 Å². The van der Waals surface area contributed by atoms with Crippen LogP contribution in [0.5, 0.6) is 11.5 Å². The van der Waals surface area contributed by atoms with Gasteiger partial charge in [0.1, 0.15) is 17.2 Å². The number of thiazole rings is 1. The Hall–Kier alpha value is -5.09. The Labute approximate surface area is 251 Å². The summed E-state index contributed by atoms with van der Waals surface area (Å²) >= 11 is 1.23. The molecule has 0 aliphatic heterocycles. The summed E-state index contributed by atoms with van der Waals surface area (Å²) in [6.45, 7) is 6.34.